The number of aliphatic hydroxyl groups is 1. The molecule has 0 radical (unpaired) electrons. The summed E-state index contributed by atoms with van der Waals surface area (Å²) in [5.74, 6) is 0. The second-order valence-corrected chi connectivity index (χ2v) is 5.03. The molecule has 0 aliphatic rings. The van der Waals surface area contributed by atoms with E-state index in [1.54, 1.807) is 6.26 Å². The van der Waals surface area contributed by atoms with E-state index in [1.807, 2.05) is 18.2 Å². The van der Waals surface area contributed by atoms with E-state index in [2.05, 4.69) is 32.2 Å². The summed E-state index contributed by atoms with van der Waals surface area (Å²) < 4.78 is 5.44. The Labute approximate surface area is 108 Å². The van der Waals surface area contributed by atoms with Gasteiger partial charge < -0.3 is 14.8 Å². The van der Waals surface area contributed by atoms with Crippen LogP contribution in [0.25, 0.3) is 11.0 Å². The average molecular weight is 247 g/mol. The molecule has 0 spiro atoms. The number of furan rings is 1. The number of rotatable bonds is 5. The largest absolute Gasteiger partial charge is 0.464 e. The molecular weight excluding hydrogens is 226 g/mol. The van der Waals surface area contributed by atoms with E-state index in [0.717, 1.165) is 23.1 Å². The first-order valence-electron chi connectivity index (χ1n) is 6.44. The lowest BCUT2D eigenvalue weighted by atomic mass is 9.77. The maximum Gasteiger partial charge on any atom is 0.134 e. The van der Waals surface area contributed by atoms with Crippen molar-refractivity contribution in [1.82, 2.24) is 5.32 Å². The normalized spacial score (nSPS) is 16.7. The van der Waals surface area contributed by atoms with Crippen LogP contribution in [0.15, 0.2) is 34.9 Å². The maximum absolute atomic E-state index is 9.79. The van der Waals surface area contributed by atoms with Crippen LogP contribution in [-0.2, 0) is 5.41 Å². The molecule has 2 rings (SSSR count). The van der Waals surface area contributed by atoms with E-state index in [-0.39, 0.29) is 18.1 Å². The van der Waals surface area contributed by atoms with Gasteiger partial charge in [0.1, 0.15) is 5.58 Å². The molecule has 3 heteroatoms. The maximum atomic E-state index is 9.79. The molecule has 0 saturated heterocycles. The summed E-state index contributed by atoms with van der Waals surface area (Å²) in [4.78, 5) is 0. The van der Waals surface area contributed by atoms with Gasteiger partial charge in [-0.2, -0.15) is 0 Å². The quantitative estimate of drug-likeness (QED) is 0.854. The lowest BCUT2D eigenvalue weighted by Crippen LogP contribution is -2.47. The van der Waals surface area contributed by atoms with E-state index in [9.17, 15) is 5.11 Å². The van der Waals surface area contributed by atoms with Crippen molar-refractivity contribution in [2.45, 2.75) is 32.2 Å². The third-order valence-corrected chi connectivity index (χ3v) is 3.91. The van der Waals surface area contributed by atoms with Crippen molar-refractivity contribution < 1.29 is 9.52 Å². The third kappa shape index (κ3) is 2.16. The lowest BCUT2D eigenvalue weighted by molar-refractivity contribution is 0.172. The van der Waals surface area contributed by atoms with E-state index < -0.39 is 0 Å². The highest BCUT2D eigenvalue weighted by Gasteiger charge is 2.32. The lowest BCUT2D eigenvalue weighted by Gasteiger charge is -2.35. The van der Waals surface area contributed by atoms with Crippen LogP contribution in [0.4, 0.5) is 0 Å². The highest BCUT2D eigenvalue weighted by Crippen LogP contribution is 2.30. The number of fused-ring (bicyclic) bond motifs is 1. The smallest absolute Gasteiger partial charge is 0.134 e. The Hall–Kier alpha value is -1.32. The van der Waals surface area contributed by atoms with E-state index >= 15 is 0 Å². The summed E-state index contributed by atoms with van der Waals surface area (Å²) >= 11 is 0. The summed E-state index contributed by atoms with van der Waals surface area (Å²) in [5, 5.41) is 14.3. The van der Waals surface area contributed by atoms with E-state index in [1.165, 1.54) is 0 Å². The number of likely N-dealkylation sites (N-methyl/N-ethyl adjacent to an activating group) is 1. The molecule has 0 aliphatic heterocycles. The van der Waals surface area contributed by atoms with Crippen LogP contribution in [0.5, 0.6) is 0 Å². The van der Waals surface area contributed by atoms with Crippen molar-refractivity contribution in [3.63, 3.8) is 0 Å². The fourth-order valence-electron chi connectivity index (χ4n) is 2.32. The van der Waals surface area contributed by atoms with Gasteiger partial charge in [-0.25, -0.2) is 0 Å². The molecule has 0 amide bonds. The standard InChI is InChI=1S/C15H21NO2/c1-4-16-11(2)15(3,10-17)13-6-5-12-7-8-18-14(12)9-13/h5-9,11,16-17H,4,10H2,1-3H3. The predicted octanol–water partition coefficient (Wildman–Crippen LogP) is 2.68. The monoisotopic (exact) mass is 247 g/mol. The zero-order valence-electron chi connectivity index (χ0n) is 11.2. The van der Waals surface area contributed by atoms with Gasteiger partial charge in [0.25, 0.3) is 0 Å². The topological polar surface area (TPSA) is 45.4 Å². The van der Waals surface area contributed by atoms with Crippen molar-refractivity contribution in [2.75, 3.05) is 13.2 Å². The van der Waals surface area contributed by atoms with Crippen LogP contribution in [0, 0.1) is 0 Å². The minimum Gasteiger partial charge on any atom is -0.464 e. The molecule has 3 nitrogen and oxygen atoms in total. The van der Waals surface area contributed by atoms with Crippen molar-refractivity contribution in [2.24, 2.45) is 0 Å². The summed E-state index contributed by atoms with van der Waals surface area (Å²) in [6.07, 6.45) is 1.69. The first-order valence-corrected chi connectivity index (χ1v) is 6.44. The first kappa shape index (κ1) is 13.1. The molecule has 2 aromatic rings. The minimum absolute atomic E-state index is 0.105. The third-order valence-electron chi connectivity index (χ3n) is 3.91. The van der Waals surface area contributed by atoms with Crippen LogP contribution < -0.4 is 5.32 Å². The zero-order valence-corrected chi connectivity index (χ0v) is 11.2. The first-order chi connectivity index (χ1) is 8.61. The number of benzene rings is 1. The van der Waals surface area contributed by atoms with Gasteiger partial charge in [0, 0.05) is 16.8 Å². The highest BCUT2D eigenvalue weighted by atomic mass is 16.3. The molecule has 2 atom stereocenters. The second-order valence-electron chi connectivity index (χ2n) is 5.03. The Morgan fingerprint density at radius 3 is 2.83 bits per heavy atom. The predicted molar refractivity (Wildman–Crippen MR) is 73.8 cm³/mol. The summed E-state index contributed by atoms with van der Waals surface area (Å²) in [6.45, 7) is 7.24. The Kier molecular flexibility index (Phi) is 3.73. The van der Waals surface area contributed by atoms with Crippen LogP contribution in [0.3, 0.4) is 0 Å². The Morgan fingerprint density at radius 2 is 2.17 bits per heavy atom. The van der Waals surface area contributed by atoms with Gasteiger partial charge in [0.15, 0.2) is 0 Å². The number of aliphatic hydroxyl groups excluding tert-OH is 1. The van der Waals surface area contributed by atoms with Crippen molar-refractivity contribution in [1.29, 1.82) is 0 Å². The highest BCUT2D eigenvalue weighted by molar-refractivity contribution is 5.78. The Bertz CT molecular complexity index is 520. The summed E-state index contributed by atoms with van der Waals surface area (Å²) in [5.41, 5.74) is 1.66. The zero-order chi connectivity index (χ0) is 13.2. The molecule has 0 bridgehead atoms. The molecular formula is C15H21NO2. The number of hydrogen-bond donors (Lipinski definition) is 2. The van der Waals surface area contributed by atoms with Crippen LogP contribution in [0.1, 0.15) is 26.3 Å². The summed E-state index contributed by atoms with van der Waals surface area (Å²) in [6, 6.07) is 8.28. The van der Waals surface area contributed by atoms with Gasteiger partial charge in [-0.15, -0.1) is 0 Å². The van der Waals surface area contributed by atoms with Gasteiger partial charge >= 0.3 is 0 Å². The van der Waals surface area contributed by atoms with Gasteiger partial charge in [-0.3, -0.25) is 0 Å². The Balaban J connectivity index is 2.41. The van der Waals surface area contributed by atoms with Gasteiger partial charge in [0.05, 0.1) is 12.9 Å². The number of hydrogen-bond acceptors (Lipinski definition) is 3. The fraction of sp³-hybridized carbons (Fsp3) is 0.467. The second kappa shape index (κ2) is 5.12. The van der Waals surface area contributed by atoms with Crippen molar-refractivity contribution in [3.8, 4) is 0 Å². The molecule has 0 aliphatic carbocycles. The molecule has 2 N–H and O–H groups in total. The molecule has 0 fully saturated rings. The summed E-state index contributed by atoms with van der Waals surface area (Å²) in [7, 11) is 0. The molecule has 98 valence electrons. The van der Waals surface area contributed by atoms with Gasteiger partial charge in [-0.1, -0.05) is 26.0 Å². The van der Waals surface area contributed by atoms with E-state index in [4.69, 9.17) is 4.42 Å². The Morgan fingerprint density at radius 1 is 1.39 bits per heavy atom. The number of nitrogens with one attached hydrogen (secondary N) is 1. The molecule has 0 saturated carbocycles. The van der Waals surface area contributed by atoms with Crippen LogP contribution in [-0.4, -0.2) is 24.3 Å². The molecule has 1 aromatic carbocycles. The van der Waals surface area contributed by atoms with Crippen molar-refractivity contribution in [3.05, 3.63) is 36.1 Å². The van der Waals surface area contributed by atoms with Gasteiger partial charge in [-0.05, 0) is 31.2 Å². The SMILES string of the molecule is CCNC(C)C(C)(CO)c1ccc2ccoc2c1. The van der Waals surface area contributed by atoms with Crippen LogP contribution in [0.2, 0.25) is 0 Å². The molecule has 2 unspecified atom stereocenters. The molecule has 1 aromatic heterocycles. The van der Waals surface area contributed by atoms with Gasteiger partial charge in [0.2, 0.25) is 0 Å². The molecule has 18 heavy (non-hydrogen) atoms. The average Bonchev–Trinajstić information content (AvgIpc) is 2.85. The van der Waals surface area contributed by atoms with Crippen molar-refractivity contribution >= 4 is 11.0 Å². The molecule has 1 heterocycles. The van der Waals surface area contributed by atoms with Crippen LogP contribution >= 0.6 is 0 Å². The van der Waals surface area contributed by atoms with E-state index in [0.29, 0.717) is 0 Å². The minimum atomic E-state index is -0.309. The fourth-order valence-corrected chi connectivity index (χ4v) is 2.32.